The average Bonchev–Trinajstić information content (AvgIpc) is 2.70. The van der Waals surface area contributed by atoms with E-state index in [1.807, 2.05) is 0 Å². The smallest absolute Gasteiger partial charge is 0.0576 e. The minimum atomic E-state index is 0.611. The largest absolute Gasteiger partial charge is 0.411 e. The summed E-state index contributed by atoms with van der Waals surface area (Å²) in [6.07, 6.45) is 7.44. The molecule has 2 aliphatic carbocycles. The first-order chi connectivity index (χ1) is 4.85. The molecule has 0 unspecified atom stereocenters. The van der Waals surface area contributed by atoms with E-state index >= 15 is 0 Å². The van der Waals surface area contributed by atoms with Crippen molar-refractivity contribution < 1.29 is 5.21 Å². The van der Waals surface area contributed by atoms with Gasteiger partial charge in [0.15, 0.2) is 0 Å². The summed E-state index contributed by atoms with van der Waals surface area (Å²) in [5.41, 5.74) is 1.64. The summed E-state index contributed by atoms with van der Waals surface area (Å²) in [6, 6.07) is 0. The molecule has 56 valence electrons. The van der Waals surface area contributed by atoms with Gasteiger partial charge in [0.05, 0.1) is 5.71 Å². The first kappa shape index (κ1) is 6.20. The third-order valence-corrected chi connectivity index (χ3v) is 2.85. The van der Waals surface area contributed by atoms with E-state index in [2.05, 4.69) is 5.16 Å². The highest BCUT2D eigenvalue weighted by Gasteiger charge is 2.44. The summed E-state index contributed by atoms with van der Waals surface area (Å²) < 4.78 is 0. The van der Waals surface area contributed by atoms with Crippen LogP contribution >= 0.6 is 0 Å². The lowest BCUT2D eigenvalue weighted by atomic mass is 9.85. The third kappa shape index (κ3) is 0.917. The predicted octanol–water partition coefficient (Wildman–Crippen LogP) is 2.17. The predicted molar refractivity (Wildman–Crippen MR) is 39.4 cm³/mol. The van der Waals surface area contributed by atoms with Crippen LogP contribution in [0.1, 0.15) is 38.5 Å². The van der Waals surface area contributed by atoms with E-state index in [0.717, 1.165) is 18.6 Å². The summed E-state index contributed by atoms with van der Waals surface area (Å²) in [6.45, 7) is 0. The highest BCUT2D eigenvalue weighted by Crippen LogP contribution is 2.55. The summed E-state index contributed by atoms with van der Waals surface area (Å²) in [5.74, 6) is 0. The van der Waals surface area contributed by atoms with E-state index in [1.54, 1.807) is 0 Å². The zero-order valence-corrected chi connectivity index (χ0v) is 6.14. The molecule has 2 fully saturated rings. The second-order valence-corrected chi connectivity index (χ2v) is 3.70. The number of nitrogens with zero attached hydrogens (tertiary/aromatic N) is 1. The van der Waals surface area contributed by atoms with Crippen LogP contribution in [-0.2, 0) is 0 Å². The first-order valence-corrected chi connectivity index (χ1v) is 4.04. The topological polar surface area (TPSA) is 32.6 Å². The normalized spacial score (nSPS) is 33.0. The van der Waals surface area contributed by atoms with Crippen molar-refractivity contribution in [1.82, 2.24) is 0 Å². The van der Waals surface area contributed by atoms with Gasteiger partial charge in [-0.1, -0.05) is 5.16 Å². The van der Waals surface area contributed by atoms with Gasteiger partial charge in [0.2, 0.25) is 0 Å². The van der Waals surface area contributed by atoms with Crippen LogP contribution in [0, 0.1) is 5.41 Å². The van der Waals surface area contributed by atoms with E-state index in [1.165, 1.54) is 25.7 Å². The van der Waals surface area contributed by atoms with Crippen LogP contribution in [0.2, 0.25) is 0 Å². The van der Waals surface area contributed by atoms with Crippen LogP contribution in [0.4, 0.5) is 0 Å². The van der Waals surface area contributed by atoms with Gasteiger partial charge in [-0.15, -0.1) is 0 Å². The maximum atomic E-state index is 8.54. The SMILES string of the molecule is ON=C1CCCC2(CC2)C1. The standard InChI is InChI=1S/C8H13NO/c10-9-7-2-1-3-8(6-7)4-5-8/h10H,1-6H2. The monoisotopic (exact) mass is 139 g/mol. The summed E-state index contributed by atoms with van der Waals surface area (Å²) in [5, 5.41) is 11.8. The highest BCUT2D eigenvalue weighted by atomic mass is 16.4. The Kier molecular flexibility index (Phi) is 1.22. The quantitative estimate of drug-likeness (QED) is 0.405. The highest BCUT2D eigenvalue weighted by molar-refractivity contribution is 5.85. The van der Waals surface area contributed by atoms with E-state index in [9.17, 15) is 0 Å². The molecule has 0 saturated heterocycles. The molecule has 2 rings (SSSR count). The molecule has 10 heavy (non-hydrogen) atoms. The van der Waals surface area contributed by atoms with Gasteiger partial charge in [-0.2, -0.15) is 0 Å². The Labute approximate surface area is 60.9 Å². The molecule has 2 saturated carbocycles. The maximum absolute atomic E-state index is 8.54. The van der Waals surface area contributed by atoms with E-state index in [0.29, 0.717) is 5.41 Å². The van der Waals surface area contributed by atoms with Crippen molar-refractivity contribution in [3.05, 3.63) is 0 Å². The third-order valence-electron chi connectivity index (χ3n) is 2.85. The molecule has 1 spiro atoms. The fourth-order valence-corrected chi connectivity index (χ4v) is 1.97. The number of rotatable bonds is 0. The zero-order chi connectivity index (χ0) is 7.03. The van der Waals surface area contributed by atoms with Crippen molar-refractivity contribution in [2.45, 2.75) is 38.5 Å². The van der Waals surface area contributed by atoms with E-state index in [4.69, 9.17) is 5.21 Å². The van der Waals surface area contributed by atoms with Gasteiger partial charge >= 0.3 is 0 Å². The van der Waals surface area contributed by atoms with Crippen LogP contribution in [-0.4, -0.2) is 10.9 Å². The van der Waals surface area contributed by atoms with Crippen LogP contribution in [0.3, 0.4) is 0 Å². The average molecular weight is 139 g/mol. The Hall–Kier alpha value is -0.530. The second kappa shape index (κ2) is 1.97. The summed E-state index contributed by atoms with van der Waals surface area (Å²) in [4.78, 5) is 0. The molecule has 0 bridgehead atoms. The molecule has 2 nitrogen and oxygen atoms in total. The van der Waals surface area contributed by atoms with Gasteiger partial charge in [0.1, 0.15) is 0 Å². The van der Waals surface area contributed by atoms with Crippen molar-refractivity contribution in [3.63, 3.8) is 0 Å². The number of hydrogen-bond acceptors (Lipinski definition) is 2. The first-order valence-electron chi connectivity index (χ1n) is 4.04. The van der Waals surface area contributed by atoms with Crippen LogP contribution in [0.15, 0.2) is 5.16 Å². The summed E-state index contributed by atoms with van der Waals surface area (Å²) in [7, 11) is 0. The Morgan fingerprint density at radius 1 is 1.30 bits per heavy atom. The molecule has 2 aliphatic rings. The molecule has 0 radical (unpaired) electrons. The number of oxime groups is 1. The Morgan fingerprint density at radius 3 is 2.70 bits per heavy atom. The van der Waals surface area contributed by atoms with Crippen molar-refractivity contribution in [3.8, 4) is 0 Å². The maximum Gasteiger partial charge on any atom is 0.0576 e. The van der Waals surface area contributed by atoms with Crippen LogP contribution < -0.4 is 0 Å². The van der Waals surface area contributed by atoms with Crippen molar-refractivity contribution in [1.29, 1.82) is 0 Å². The van der Waals surface area contributed by atoms with Crippen molar-refractivity contribution in [2.75, 3.05) is 0 Å². The fraction of sp³-hybridized carbons (Fsp3) is 0.875. The zero-order valence-electron chi connectivity index (χ0n) is 6.14. The van der Waals surface area contributed by atoms with Crippen LogP contribution in [0.25, 0.3) is 0 Å². The Morgan fingerprint density at radius 2 is 2.10 bits per heavy atom. The molecule has 1 N–H and O–H groups in total. The molecule has 0 aromatic carbocycles. The van der Waals surface area contributed by atoms with Crippen molar-refractivity contribution in [2.24, 2.45) is 10.6 Å². The van der Waals surface area contributed by atoms with Gasteiger partial charge in [0, 0.05) is 0 Å². The molecule has 0 amide bonds. The van der Waals surface area contributed by atoms with Crippen LogP contribution in [0.5, 0.6) is 0 Å². The molecule has 2 heteroatoms. The van der Waals surface area contributed by atoms with Crippen molar-refractivity contribution >= 4 is 5.71 Å². The van der Waals surface area contributed by atoms with E-state index in [-0.39, 0.29) is 0 Å². The lowest BCUT2D eigenvalue weighted by molar-refractivity contribution is 0.308. The van der Waals surface area contributed by atoms with Gasteiger partial charge < -0.3 is 5.21 Å². The molecule has 0 aromatic heterocycles. The van der Waals surface area contributed by atoms with Gasteiger partial charge in [-0.05, 0) is 43.9 Å². The minimum absolute atomic E-state index is 0.611. The molecule has 0 aliphatic heterocycles. The fourth-order valence-electron chi connectivity index (χ4n) is 1.97. The lowest BCUT2D eigenvalue weighted by Gasteiger charge is -2.20. The van der Waals surface area contributed by atoms with Gasteiger partial charge in [-0.3, -0.25) is 0 Å². The molecule has 0 heterocycles. The minimum Gasteiger partial charge on any atom is -0.411 e. The Bertz CT molecular complexity index is 170. The molecular formula is C8H13NO. The molecule has 0 aromatic rings. The number of hydrogen-bond donors (Lipinski definition) is 1. The second-order valence-electron chi connectivity index (χ2n) is 3.70. The molecule has 0 atom stereocenters. The van der Waals surface area contributed by atoms with Gasteiger partial charge in [-0.25, -0.2) is 0 Å². The summed E-state index contributed by atoms with van der Waals surface area (Å²) >= 11 is 0. The lowest BCUT2D eigenvalue weighted by Crippen LogP contribution is -2.15. The molecular weight excluding hydrogens is 126 g/mol. The Balaban J connectivity index is 2.04. The van der Waals surface area contributed by atoms with Gasteiger partial charge in [0.25, 0.3) is 0 Å². The van der Waals surface area contributed by atoms with E-state index < -0.39 is 0 Å².